The number of allylic oxidation sites excluding steroid dienone is 1. The second-order valence-corrected chi connectivity index (χ2v) is 19.0. The summed E-state index contributed by atoms with van der Waals surface area (Å²) in [5, 5.41) is 21.7. The third-order valence-corrected chi connectivity index (χ3v) is 13.1. The lowest BCUT2D eigenvalue weighted by Gasteiger charge is -2.35. The molecule has 2 saturated heterocycles. The summed E-state index contributed by atoms with van der Waals surface area (Å²) < 4.78 is 0. The summed E-state index contributed by atoms with van der Waals surface area (Å²) in [5.41, 5.74) is 3.91. The molecule has 5 rings (SSSR count). The van der Waals surface area contributed by atoms with E-state index in [-0.39, 0.29) is 53.6 Å². The van der Waals surface area contributed by atoms with Crippen LogP contribution in [0.3, 0.4) is 0 Å². The van der Waals surface area contributed by atoms with Crippen molar-refractivity contribution in [3.8, 4) is 0 Å². The molecule has 3 aliphatic rings. The number of hydrogen-bond acceptors (Lipinski definition) is 9. The first-order valence-corrected chi connectivity index (χ1v) is 23.8. The molecule has 2 aromatic rings. The van der Waals surface area contributed by atoms with Crippen molar-refractivity contribution in [2.45, 2.75) is 148 Å². The fourth-order valence-electron chi connectivity index (χ4n) is 9.01. The SMILES string of the molecule is CC/C=C(/NC1CCCc2ccccc21)C1CCCN1C(=O)[C@H](CCCCNC(=O)c1cccc(C(=O)N[C@H]2CCN(C(=O)C(NC(=O)[C@H](C)NC)C(C)(C)C)C2)c1)NC(=O)C(C)NC. The number of carbonyl (C=O) groups is 6. The van der Waals surface area contributed by atoms with Crippen molar-refractivity contribution >= 4 is 35.4 Å². The first-order chi connectivity index (χ1) is 31.1. The van der Waals surface area contributed by atoms with Crippen molar-refractivity contribution in [2.75, 3.05) is 40.3 Å². The molecule has 15 nitrogen and oxygen atoms in total. The van der Waals surface area contributed by atoms with Gasteiger partial charge in [-0.3, -0.25) is 28.8 Å². The Labute approximate surface area is 386 Å². The van der Waals surface area contributed by atoms with Crippen LogP contribution in [0.5, 0.6) is 0 Å². The first kappa shape index (κ1) is 50.7. The summed E-state index contributed by atoms with van der Waals surface area (Å²) in [6.45, 7) is 13.0. The third kappa shape index (κ3) is 13.6. The van der Waals surface area contributed by atoms with Crippen LogP contribution in [0, 0.1) is 5.41 Å². The van der Waals surface area contributed by atoms with E-state index >= 15 is 0 Å². The Morgan fingerprint density at radius 1 is 0.785 bits per heavy atom. The van der Waals surface area contributed by atoms with Crippen LogP contribution in [0.1, 0.15) is 137 Å². The van der Waals surface area contributed by atoms with Gasteiger partial charge in [0.1, 0.15) is 12.1 Å². The normalized spacial score (nSPS) is 20.5. The van der Waals surface area contributed by atoms with Crippen LogP contribution < -0.4 is 37.2 Å². The van der Waals surface area contributed by atoms with E-state index in [1.54, 1.807) is 57.1 Å². The third-order valence-electron chi connectivity index (χ3n) is 13.1. The number of amides is 6. The van der Waals surface area contributed by atoms with E-state index in [0.29, 0.717) is 63.0 Å². The zero-order chi connectivity index (χ0) is 47.3. The summed E-state index contributed by atoms with van der Waals surface area (Å²) in [7, 11) is 3.40. The standard InChI is InChI=1S/C50H75N9O6/c1-9-17-40(55-39-24-15-19-34-18-10-11-22-38(34)39)42-25-16-28-59(42)48(64)41(56-44(60)32(2)51-7)23-12-13-27-53-46(62)35-20-14-21-36(30-35)47(63)54-37-26-29-58(31-37)49(65)43(50(4,5)6)57-45(61)33(3)52-8/h10-11,14,17-18,20-22,30,32-33,37,39,41-43,51-52,55H,9,12-13,15-16,19,23-29,31H2,1-8H3,(H,53,62)(H,54,63)(H,56,60)(H,57,61)/b40-17+/t32?,33-,37-,39?,41-,42?,43?/m0/s1. The van der Waals surface area contributed by atoms with Gasteiger partial charge in [-0.05, 0) is 127 Å². The highest BCUT2D eigenvalue weighted by Gasteiger charge is 2.40. The molecule has 6 amide bonds. The van der Waals surface area contributed by atoms with Crippen LogP contribution in [0.25, 0.3) is 0 Å². The smallest absolute Gasteiger partial charge is 0.251 e. The quantitative estimate of drug-likeness (QED) is 0.0960. The Morgan fingerprint density at radius 3 is 2.17 bits per heavy atom. The predicted octanol–water partition coefficient (Wildman–Crippen LogP) is 4.10. The maximum Gasteiger partial charge on any atom is 0.251 e. The lowest BCUT2D eigenvalue weighted by molar-refractivity contribution is -0.139. The number of nitrogens with one attached hydrogen (secondary N) is 7. The van der Waals surface area contributed by atoms with E-state index in [1.165, 1.54) is 11.1 Å². The number of benzene rings is 2. The van der Waals surface area contributed by atoms with Crippen molar-refractivity contribution in [3.63, 3.8) is 0 Å². The second-order valence-electron chi connectivity index (χ2n) is 19.0. The minimum Gasteiger partial charge on any atom is -0.380 e. The molecule has 15 heteroatoms. The summed E-state index contributed by atoms with van der Waals surface area (Å²) in [5.74, 6) is -1.46. The number of nitrogens with zero attached hydrogens (tertiary/aromatic N) is 2. The van der Waals surface area contributed by atoms with Gasteiger partial charge in [0.15, 0.2) is 0 Å². The van der Waals surface area contributed by atoms with Crippen molar-refractivity contribution in [1.82, 2.24) is 47.0 Å². The zero-order valence-electron chi connectivity index (χ0n) is 40.0. The van der Waals surface area contributed by atoms with E-state index in [0.717, 1.165) is 44.2 Å². The van der Waals surface area contributed by atoms with Gasteiger partial charge in [-0.15, -0.1) is 0 Å². The average Bonchev–Trinajstić information content (AvgIpc) is 3.99. The van der Waals surface area contributed by atoms with Gasteiger partial charge in [0, 0.05) is 49.0 Å². The van der Waals surface area contributed by atoms with Crippen molar-refractivity contribution in [2.24, 2.45) is 5.41 Å². The van der Waals surface area contributed by atoms with E-state index in [4.69, 9.17) is 0 Å². The van der Waals surface area contributed by atoms with Crippen LogP contribution in [-0.4, -0.2) is 122 Å². The van der Waals surface area contributed by atoms with Gasteiger partial charge in [-0.25, -0.2) is 0 Å². The number of likely N-dealkylation sites (tertiary alicyclic amines) is 2. The molecule has 2 aromatic carbocycles. The Balaban J connectivity index is 1.14. The fraction of sp³-hybridized carbons (Fsp3) is 0.600. The highest BCUT2D eigenvalue weighted by Crippen LogP contribution is 2.33. The number of fused-ring (bicyclic) bond motifs is 1. The van der Waals surface area contributed by atoms with E-state index in [2.05, 4.69) is 74.5 Å². The molecule has 0 saturated carbocycles. The first-order valence-electron chi connectivity index (χ1n) is 23.8. The Morgan fingerprint density at radius 2 is 1.48 bits per heavy atom. The van der Waals surface area contributed by atoms with Gasteiger partial charge in [-0.1, -0.05) is 64.1 Å². The summed E-state index contributed by atoms with van der Waals surface area (Å²) in [6, 6.07) is 12.5. The summed E-state index contributed by atoms with van der Waals surface area (Å²) in [6.07, 6.45) is 10.1. The molecule has 0 radical (unpaired) electrons. The number of hydrogen-bond donors (Lipinski definition) is 7. The molecule has 7 N–H and O–H groups in total. The Kier molecular flexibility index (Phi) is 18.5. The van der Waals surface area contributed by atoms with Crippen molar-refractivity contribution < 1.29 is 28.8 Å². The van der Waals surface area contributed by atoms with Crippen LogP contribution in [0.15, 0.2) is 60.3 Å². The van der Waals surface area contributed by atoms with Crippen molar-refractivity contribution in [3.05, 3.63) is 82.6 Å². The minimum atomic E-state index is -0.732. The molecule has 65 heavy (non-hydrogen) atoms. The summed E-state index contributed by atoms with van der Waals surface area (Å²) >= 11 is 0. The maximum absolute atomic E-state index is 14.4. The molecule has 7 atom stereocenters. The molecular weight excluding hydrogens is 823 g/mol. The highest BCUT2D eigenvalue weighted by atomic mass is 16.2. The molecule has 4 unspecified atom stereocenters. The van der Waals surface area contributed by atoms with Gasteiger partial charge in [0.05, 0.1) is 24.2 Å². The molecule has 1 aliphatic carbocycles. The van der Waals surface area contributed by atoms with Crippen LogP contribution in [0.4, 0.5) is 0 Å². The van der Waals surface area contributed by atoms with Crippen LogP contribution in [-0.2, 0) is 25.6 Å². The Bertz CT molecular complexity index is 2020. The Hall–Kier alpha value is -5.28. The molecule has 2 fully saturated rings. The second kappa shape index (κ2) is 23.8. The molecule has 356 valence electrons. The molecule has 0 spiro atoms. The van der Waals surface area contributed by atoms with E-state index < -0.39 is 29.6 Å². The predicted molar refractivity (Wildman–Crippen MR) is 254 cm³/mol. The lowest BCUT2D eigenvalue weighted by atomic mass is 9.85. The van der Waals surface area contributed by atoms with Gasteiger partial charge in [0.2, 0.25) is 23.6 Å². The molecule has 2 heterocycles. The number of unbranched alkanes of at least 4 members (excludes halogenated alkanes) is 1. The van der Waals surface area contributed by atoms with Crippen LogP contribution >= 0.6 is 0 Å². The van der Waals surface area contributed by atoms with E-state index in [9.17, 15) is 28.8 Å². The van der Waals surface area contributed by atoms with Gasteiger partial charge in [-0.2, -0.15) is 0 Å². The van der Waals surface area contributed by atoms with Crippen molar-refractivity contribution in [1.29, 1.82) is 0 Å². The number of carbonyl (C=O) groups excluding carboxylic acids is 6. The lowest BCUT2D eigenvalue weighted by Crippen LogP contribution is -2.57. The number of aryl methyl sites for hydroxylation is 1. The molecule has 0 bridgehead atoms. The number of rotatable bonds is 20. The largest absolute Gasteiger partial charge is 0.380 e. The maximum atomic E-state index is 14.4. The van der Waals surface area contributed by atoms with Gasteiger partial charge >= 0.3 is 0 Å². The molecule has 0 aromatic heterocycles. The van der Waals surface area contributed by atoms with Crippen LogP contribution in [0.2, 0.25) is 0 Å². The van der Waals surface area contributed by atoms with Gasteiger partial charge < -0.3 is 47.0 Å². The molecular formula is C50H75N9O6. The van der Waals surface area contributed by atoms with E-state index in [1.807, 2.05) is 25.7 Å². The fourth-order valence-corrected chi connectivity index (χ4v) is 9.01. The molecule has 2 aliphatic heterocycles. The zero-order valence-corrected chi connectivity index (χ0v) is 40.0. The topological polar surface area (TPSA) is 193 Å². The average molecular weight is 898 g/mol. The minimum absolute atomic E-state index is 0.0921. The monoisotopic (exact) mass is 898 g/mol. The highest BCUT2D eigenvalue weighted by molar-refractivity contribution is 6.00. The number of likely N-dealkylation sites (N-methyl/N-ethyl adjacent to an activating group) is 2. The summed E-state index contributed by atoms with van der Waals surface area (Å²) in [4.78, 5) is 84.2. The van der Waals surface area contributed by atoms with Gasteiger partial charge in [0.25, 0.3) is 11.8 Å².